The quantitative estimate of drug-likeness (QED) is 0.628. The summed E-state index contributed by atoms with van der Waals surface area (Å²) in [7, 11) is 1.60. The predicted octanol–water partition coefficient (Wildman–Crippen LogP) is 1.02. The molecular weight excluding hydrogens is 166 g/mol. The number of hydrogen-bond acceptors (Lipinski definition) is 3. The molecule has 0 saturated heterocycles. The SMILES string of the molecule is CCC(C)C(C)NCC(O)COC. The molecule has 3 atom stereocenters. The molecule has 3 nitrogen and oxygen atoms in total. The molecule has 0 bridgehead atoms. The number of nitrogens with one attached hydrogen (secondary N) is 1. The van der Waals surface area contributed by atoms with Gasteiger partial charge in [-0.15, -0.1) is 0 Å². The van der Waals surface area contributed by atoms with Gasteiger partial charge < -0.3 is 15.2 Å². The Bertz CT molecular complexity index is 119. The summed E-state index contributed by atoms with van der Waals surface area (Å²) in [6.07, 6.45) is 0.769. The van der Waals surface area contributed by atoms with Crippen molar-refractivity contribution in [3.8, 4) is 0 Å². The molecule has 0 amide bonds. The Morgan fingerprint density at radius 2 is 2.00 bits per heavy atom. The van der Waals surface area contributed by atoms with Gasteiger partial charge in [0.05, 0.1) is 12.7 Å². The van der Waals surface area contributed by atoms with Crippen LogP contribution in [0.4, 0.5) is 0 Å². The van der Waals surface area contributed by atoms with E-state index in [1.807, 2.05) is 0 Å². The summed E-state index contributed by atoms with van der Waals surface area (Å²) < 4.78 is 4.83. The van der Waals surface area contributed by atoms with Crippen molar-refractivity contribution in [2.24, 2.45) is 5.92 Å². The van der Waals surface area contributed by atoms with Crippen molar-refractivity contribution in [3.05, 3.63) is 0 Å². The van der Waals surface area contributed by atoms with Crippen molar-refractivity contribution in [2.45, 2.75) is 39.3 Å². The number of rotatable bonds is 7. The molecule has 0 aliphatic heterocycles. The number of methoxy groups -OCH3 is 1. The van der Waals surface area contributed by atoms with Crippen LogP contribution in [0.25, 0.3) is 0 Å². The number of aliphatic hydroxyl groups is 1. The van der Waals surface area contributed by atoms with Gasteiger partial charge in [0.15, 0.2) is 0 Å². The van der Waals surface area contributed by atoms with Crippen LogP contribution in [0.3, 0.4) is 0 Å². The average molecular weight is 189 g/mol. The highest BCUT2D eigenvalue weighted by molar-refractivity contribution is 4.69. The largest absolute Gasteiger partial charge is 0.389 e. The Balaban J connectivity index is 3.50. The highest BCUT2D eigenvalue weighted by atomic mass is 16.5. The summed E-state index contributed by atoms with van der Waals surface area (Å²) in [6, 6.07) is 0.455. The lowest BCUT2D eigenvalue weighted by Crippen LogP contribution is -2.38. The van der Waals surface area contributed by atoms with E-state index in [-0.39, 0.29) is 0 Å². The highest BCUT2D eigenvalue weighted by Gasteiger charge is 2.11. The van der Waals surface area contributed by atoms with E-state index in [1.165, 1.54) is 0 Å². The van der Waals surface area contributed by atoms with Crippen LogP contribution in [0.5, 0.6) is 0 Å². The molecule has 0 aliphatic rings. The summed E-state index contributed by atoms with van der Waals surface area (Å²) in [4.78, 5) is 0. The Kier molecular flexibility index (Phi) is 7.23. The molecule has 0 aromatic carbocycles. The fourth-order valence-corrected chi connectivity index (χ4v) is 1.13. The van der Waals surface area contributed by atoms with E-state index in [9.17, 15) is 5.11 Å². The molecule has 0 radical (unpaired) electrons. The fourth-order valence-electron chi connectivity index (χ4n) is 1.13. The highest BCUT2D eigenvalue weighted by Crippen LogP contribution is 2.06. The summed E-state index contributed by atoms with van der Waals surface area (Å²) in [5.74, 6) is 0.648. The minimum atomic E-state index is -0.392. The van der Waals surface area contributed by atoms with E-state index in [2.05, 4.69) is 26.1 Å². The van der Waals surface area contributed by atoms with Gasteiger partial charge in [0.25, 0.3) is 0 Å². The predicted molar refractivity (Wildman–Crippen MR) is 54.8 cm³/mol. The molecular formula is C10H23NO2. The number of ether oxygens (including phenoxy) is 1. The summed E-state index contributed by atoms with van der Waals surface area (Å²) in [6.45, 7) is 7.54. The van der Waals surface area contributed by atoms with Crippen molar-refractivity contribution in [1.82, 2.24) is 5.32 Å². The summed E-state index contributed by atoms with van der Waals surface area (Å²) in [5, 5.41) is 12.7. The Hall–Kier alpha value is -0.120. The van der Waals surface area contributed by atoms with Gasteiger partial charge in [0.2, 0.25) is 0 Å². The lowest BCUT2D eigenvalue weighted by Gasteiger charge is -2.21. The second-order valence-electron chi connectivity index (χ2n) is 3.69. The van der Waals surface area contributed by atoms with Gasteiger partial charge in [-0.1, -0.05) is 20.3 Å². The molecule has 0 aromatic rings. The third-order valence-corrected chi connectivity index (χ3v) is 2.53. The molecule has 0 spiro atoms. The first-order valence-corrected chi connectivity index (χ1v) is 5.02. The van der Waals surface area contributed by atoms with Crippen molar-refractivity contribution in [3.63, 3.8) is 0 Å². The third kappa shape index (κ3) is 6.02. The zero-order valence-electron chi connectivity index (χ0n) is 9.21. The second-order valence-corrected chi connectivity index (χ2v) is 3.69. The van der Waals surface area contributed by atoms with Crippen molar-refractivity contribution in [1.29, 1.82) is 0 Å². The van der Waals surface area contributed by atoms with Crippen LogP contribution in [-0.2, 0) is 4.74 Å². The van der Waals surface area contributed by atoms with Gasteiger partial charge in [-0.3, -0.25) is 0 Å². The average Bonchev–Trinajstić information content (AvgIpc) is 2.13. The van der Waals surface area contributed by atoms with Gasteiger partial charge in [-0.2, -0.15) is 0 Å². The van der Waals surface area contributed by atoms with E-state index in [0.29, 0.717) is 25.1 Å². The van der Waals surface area contributed by atoms with Crippen LogP contribution in [0.1, 0.15) is 27.2 Å². The van der Waals surface area contributed by atoms with Crippen LogP contribution < -0.4 is 5.32 Å². The zero-order valence-corrected chi connectivity index (χ0v) is 9.21. The molecule has 0 aliphatic carbocycles. The van der Waals surface area contributed by atoms with Crippen LogP contribution >= 0.6 is 0 Å². The first kappa shape index (κ1) is 12.9. The maximum atomic E-state index is 9.37. The topological polar surface area (TPSA) is 41.5 Å². The molecule has 3 unspecified atom stereocenters. The fraction of sp³-hybridized carbons (Fsp3) is 1.00. The van der Waals surface area contributed by atoms with Gasteiger partial charge >= 0.3 is 0 Å². The standard InChI is InChI=1S/C10H23NO2/c1-5-8(2)9(3)11-6-10(12)7-13-4/h8-12H,5-7H2,1-4H3. The summed E-state index contributed by atoms with van der Waals surface area (Å²) >= 11 is 0. The number of aliphatic hydroxyl groups excluding tert-OH is 1. The maximum absolute atomic E-state index is 9.37. The van der Waals surface area contributed by atoms with E-state index < -0.39 is 6.10 Å². The Morgan fingerprint density at radius 1 is 1.38 bits per heavy atom. The first-order valence-electron chi connectivity index (χ1n) is 5.02. The summed E-state index contributed by atoms with van der Waals surface area (Å²) in [5.41, 5.74) is 0. The second kappa shape index (κ2) is 7.30. The molecule has 80 valence electrons. The maximum Gasteiger partial charge on any atom is 0.0897 e. The van der Waals surface area contributed by atoms with E-state index in [0.717, 1.165) is 6.42 Å². The molecule has 0 rings (SSSR count). The normalized spacial score (nSPS) is 18.2. The molecule has 0 aromatic heterocycles. The molecule has 0 heterocycles. The molecule has 3 heteroatoms. The van der Waals surface area contributed by atoms with Crippen molar-refractivity contribution in [2.75, 3.05) is 20.3 Å². The molecule has 13 heavy (non-hydrogen) atoms. The van der Waals surface area contributed by atoms with Gasteiger partial charge in [0, 0.05) is 19.7 Å². The van der Waals surface area contributed by atoms with Crippen LogP contribution in [0.15, 0.2) is 0 Å². The van der Waals surface area contributed by atoms with Gasteiger partial charge in [-0.05, 0) is 12.8 Å². The van der Waals surface area contributed by atoms with Crippen LogP contribution in [-0.4, -0.2) is 37.5 Å². The Morgan fingerprint density at radius 3 is 2.46 bits per heavy atom. The Labute approximate surface area is 81.5 Å². The lowest BCUT2D eigenvalue weighted by atomic mass is 10.0. The van der Waals surface area contributed by atoms with Gasteiger partial charge in [0.1, 0.15) is 0 Å². The minimum Gasteiger partial charge on any atom is -0.389 e. The number of hydrogen-bond donors (Lipinski definition) is 2. The lowest BCUT2D eigenvalue weighted by molar-refractivity contribution is 0.0618. The van der Waals surface area contributed by atoms with Crippen molar-refractivity contribution < 1.29 is 9.84 Å². The zero-order chi connectivity index (χ0) is 10.3. The minimum absolute atomic E-state index is 0.392. The van der Waals surface area contributed by atoms with E-state index >= 15 is 0 Å². The smallest absolute Gasteiger partial charge is 0.0897 e. The molecule has 0 saturated carbocycles. The van der Waals surface area contributed by atoms with Crippen LogP contribution in [0, 0.1) is 5.92 Å². The molecule has 2 N–H and O–H groups in total. The monoisotopic (exact) mass is 189 g/mol. The van der Waals surface area contributed by atoms with Crippen molar-refractivity contribution >= 4 is 0 Å². The van der Waals surface area contributed by atoms with E-state index in [4.69, 9.17) is 4.74 Å². The molecule has 0 fully saturated rings. The van der Waals surface area contributed by atoms with Gasteiger partial charge in [-0.25, -0.2) is 0 Å². The third-order valence-electron chi connectivity index (χ3n) is 2.53. The van der Waals surface area contributed by atoms with Crippen LogP contribution in [0.2, 0.25) is 0 Å². The van der Waals surface area contributed by atoms with E-state index in [1.54, 1.807) is 7.11 Å². The first-order chi connectivity index (χ1) is 6.11.